The molecule has 2 saturated heterocycles. The van der Waals surface area contributed by atoms with Crippen molar-refractivity contribution in [2.75, 3.05) is 18.1 Å². The molecule has 48 heavy (non-hydrogen) atoms. The minimum Gasteiger partial charge on any atom is -0.455 e. The van der Waals surface area contributed by atoms with Crippen molar-refractivity contribution in [3.63, 3.8) is 0 Å². The number of anilines is 1. The van der Waals surface area contributed by atoms with E-state index in [2.05, 4.69) is 5.32 Å². The average Bonchev–Trinajstić information content (AvgIpc) is 3.75. The molecule has 0 radical (unpaired) electrons. The lowest BCUT2D eigenvalue weighted by molar-refractivity contribution is -0.161. The van der Waals surface area contributed by atoms with E-state index in [1.807, 2.05) is 84.9 Å². The van der Waals surface area contributed by atoms with E-state index in [9.17, 15) is 24.3 Å². The minimum atomic E-state index is -1.44. The van der Waals surface area contributed by atoms with E-state index in [0.717, 1.165) is 10.8 Å². The van der Waals surface area contributed by atoms with E-state index < -0.39 is 65.6 Å². The Morgan fingerprint density at radius 1 is 0.958 bits per heavy atom. The van der Waals surface area contributed by atoms with Gasteiger partial charge in [0.1, 0.15) is 23.7 Å². The summed E-state index contributed by atoms with van der Waals surface area (Å²) in [6.45, 7) is 3.24. The smallest absolute Gasteiger partial charge is 0.313 e. The van der Waals surface area contributed by atoms with Gasteiger partial charge in [-0.3, -0.25) is 19.2 Å². The van der Waals surface area contributed by atoms with E-state index in [4.69, 9.17) is 9.47 Å². The van der Waals surface area contributed by atoms with E-state index in [0.29, 0.717) is 17.7 Å². The zero-order chi connectivity index (χ0) is 33.6. The summed E-state index contributed by atoms with van der Waals surface area (Å²) >= 11 is 0. The van der Waals surface area contributed by atoms with Crippen molar-refractivity contribution in [1.29, 1.82) is 0 Å². The number of likely N-dealkylation sites (tertiary alicyclic amines) is 1. The largest absolute Gasteiger partial charge is 0.455 e. The summed E-state index contributed by atoms with van der Waals surface area (Å²) in [7, 11) is 0. The second-order valence-electron chi connectivity index (χ2n) is 13.1. The summed E-state index contributed by atoms with van der Waals surface area (Å²) in [6.07, 6.45) is 6.19. The van der Waals surface area contributed by atoms with Crippen LogP contribution in [0.2, 0.25) is 0 Å². The lowest BCUT2D eigenvalue weighted by atomic mass is 9.74. The summed E-state index contributed by atoms with van der Waals surface area (Å²) in [5, 5.41) is 15.2. The molecule has 10 heteroatoms. The fourth-order valence-corrected chi connectivity index (χ4v) is 7.75. The number of carbonyl (C=O) groups is 4. The van der Waals surface area contributed by atoms with Gasteiger partial charge in [-0.25, -0.2) is 0 Å². The number of cyclic esters (lactones) is 1. The van der Waals surface area contributed by atoms with Crippen molar-refractivity contribution in [3.8, 4) is 0 Å². The molecule has 4 heterocycles. The Bertz CT molecular complexity index is 1810. The standard InChI is InChI=1S/C38H39N3O7/c1-23(22-42)41-34-36(45)40(28-17-16-25-11-8-9-14-27(25)21-28)20-10-4-7-15-30(43)39-24(2)33(26-12-5-3-6-13-26)47-37(46)31-29-18-19-38(34,48-29)32(31)35(41)44/h3-6,8-14,16-19,21,23-24,29,31-34,42H,7,15,20,22H2,1-2H3,(H,39,43)/b10-4-/t23-,24+,29-,31+,32+,33-,34-,38+/m1/s1. The molecule has 3 amide bonds. The molecule has 4 aliphatic heterocycles. The predicted molar refractivity (Wildman–Crippen MR) is 178 cm³/mol. The quantitative estimate of drug-likeness (QED) is 0.325. The van der Waals surface area contributed by atoms with E-state index in [-0.39, 0.29) is 25.5 Å². The van der Waals surface area contributed by atoms with Gasteiger partial charge in [-0.2, -0.15) is 0 Å². The minimum absolute atomic E-state index is 0.163. The SMILES string of the molecule is C[C@@H]1NC(=O)CC/C=C\CN(c2ccc3ccccc3c2)C(=O)[C@H]2N([C@H](C)CO)C(=O)[C@@H]3[C@@H](C(=O)O[C@H]1c1ccccc1)[C@H]1C=C[C@]32O1. The van der Waals surface area contributed by atoms with Crippen LogP contribution in [0.25, 0.3) is 10.8 Å². The molecule has 7 rings (SSSR count). The second kappa shape index (κ2) is 12.7. The zero-order valence-corrected chi connectivity index (χ0v) is 26.9. The number of fused-ring (bicyclic) bond motifs is 3. The first-order valence-corrected chi connectivity index (χ1v) is 16.5. The third kappa shape index (κ3) is 5.29. The first-order valence-electron chi connectivity index (χ1n) is 16.5. The zero-order valence-electron chi connectivity index (χ0n) is 26.9. The summed E-state index contributed by atoms with van der Waals surface area (Å²) in [6, 6.07) is 20.3. The van der Waals surface area contributed by atoms with Crippen LogP contribution in [0.3, 0.4) is 0 Å². The van der Waals surface area contributed by atoms with Gasteiger partial charge in [-0.1, -0.05) is 85.0 Å². The highest BCUT2D eigenvalue weighted by atomic mass is 16.6. The maximum absolute atomic E-state index is 15.0. The van der Waals surface area contributed by atoms with Gasteiger partial charge in [-0.15, -0.1) is 0 Å². The Balaban J connectivity index is 1.34. The average molecular weight is 650 g/mol. The number of hydrogen-bond donors (Lipinski definition) is 2. The van der Waals surface area contributed by atoms with Gasteiger partial charge in [-0.05, 0) is 48.7 Å². The molecule has 1 spiro atoms. The van der Waals surface area contributed by atoms with E-state index >= 15 is 0 Å². The van der Waals surface area contributed by atoms with Gasteiger partial charge >= 0.3 is 5.97 Å². The van der Waals surface area contributed by atoms with E-state index in [1.165, 1.54) is 4.90 Å². The van der Waals surface area contributed by atoms with Crippen molar-refractivity contribution in [2.24, 2.45) is 11.8 Å². The molecule has 2 N–H and O–H groups in total. The third-order valence-electron chi connectivity index (χ3n) is 10.1. The summed E-state index contributed by atoms with van der Waals surface area (Å²) in [5.74, 6) is -3.79. The second-order valence-corrected chi connectivity index (χ2v) is 13.1. The molecule has 0 saturated carbocycles. The number of carbonyl (C=O) groups excluding carboxylic acids is 4. The molecule has 4 aliphatic rings. The number of ether oxygens (including phenoxy) is 2. The van der Waals surface area contributed by atoms with E-state index in [1.54, 1.807) is 30.9 Å². The molecular formula is C38H39N3O7. The van der Waals surface area contributed by atoms with Crippen LogP contribution in [0.1, 0.15) is 38.4 Å². The Morgan fingerprint density at radius 2 is 1.71 bits per heavy atom. The number of aliphatic hydroxyl groups excluding tert-OH is 1. The monoisotopic (exact) mass is 649 g/mol. The molecule has 10 nitrogen and oxygen atoms in total. The fraction of sp³-hybridized carbons (Fsp3) is 0.368. The van der Waals surface area contributed by atoms with Gasteiger partial charge in [0.05, 0.1) is 30.7 Å². The van der Waals surface area contributed by atoms with Crippen LogP contribution in [-0.4, -0.2) is 76.7 Å². The highest BCUT2D eigenvalue weighted by molar-refractivity contribution is 6.06. The van der Waals surface area contributed by atoms with Crippen molar-refractivity contribution in [1.82, 2.24) is 10.2 Å². The molecule has 8 atom stereocenters. The number of benzene rings is 3. The lowest BCUT2D eigenvalue weighted by Crippen LogP contribution is -2.58. The molecule has 0 aromatic heterocycles. The number of amides is 3. The number of hydrogen-bond acceptors (Lipinski definition) is 7. The number of nitrogens with one attached hydrogen (secondary N) is 1. The Hall–Kier alpha value is -4.80. The van der Waals surface area contributed by atoms with Crippen LogP contribution in [0.5, 0.6) is 0 Å². The van der Waals surface area contributed by atoms with Crippen LogP contribution in [0.4, 0.5) is 5.69 Å². The maximum atomic E-state index is 15.0. The Morgan fingerprint density at radius 3 is 2.48 bits per heavy atom. The number of aliphatic hydroxyl groups is 1. The highest BCUT2D eigenvalue weighted by Gasteiger charge is 2.74. The summed E-state index contributed by atoms with van der Waals surface area (Å²) in [4.78, 5) is 59.7. The van der Waals surface area contributed by atoms with Gasteiger partial charge in [0.15, 0.2) is 0 Å². The number of allylic oxidation sites excluding steroid dienone is 1. The molecule has 248 valence electrons. The first kappa shape index (κ1) is 31.8. The Labute approximate surface area is 279 Å². The molecule has 5 bridgehead atoms. The molecular weight excluding hydrogens is 610 g/mol. The van der Waals surface area contributed by atoms with Crippen LogP contribution in [0, 0.1) is 11.8 Å². The van der Waals surface area contributed by atoms with Crippen molar-refractivity contribution >= 4 is 40.2 Å². The highest BCUT2D eigenvalue weighted by Crippen LogP contribution is 2.56. The number of esters is 1. The number of nitrogens with zero attached hydrogens (tertiary/aromatic N) is 2. The summed E-state index contributed by atoms with van der Waals surface area (Å²) in [5.41, 5.74) is -0.131. The van der Waals surface area contributed by atoms with Crippen LogP contribution in [-0.2, 0) is 28.7 Å². The van der Waals surface area contributed by atoms with Gasteiger partial charge < -0.3 is 29.7 Å². The maximum Gasteiger partial charge on any atom is 0.313 e. The van der Waals surface area contributed by atoms with Crippen LogP contribution in [0.15, 0.2) is 97.1 Å². The molecule has 0 aliphatic carbocycles. The molecule has 3 aromatic carbocycles. The van der Waals surface area contributed by atoms with Gasteiger partial charge in [0, 0.05) is 18.7 Å². The first-order chi connectivity index (χ1) is 23.2. The van der Waals surface area contributed by atoms with Gasteiger partial charge in [0.25, 0.3) is 5.91 Å². The van der Waals surface area contributed by atoms with Crippen LogP contribution >= 0.6 is 0 Å². The van der Waals surface area contributed by atoms with Crippen LogP contribution < -0.4 is 10.2 Å². The van der Waals surface area contributed by atoms with Gasteiger partial charge in [0.2, 0.25) is 11.8 Å². The Kier molecular flexibility index (Phi) is 8.39. The number of rotatable bonds is 4. The summed E-state index contributed by atoms with van der Waals surface area (Å²) < 4.78 is 12.7. The lowest BCUT2D eigenvalue weighted by Gasteiger charge is -2.37. The van der Waals surface area contributed by atoms with Crippen molar-refractivity contribution in [3.05, 3.63) is 103 Å². The third-order valence-corrected chi connectivity index (χ3v) is 10.1. The predicted octanol–water partition coefficient (Wildman–Crippen LogP) is 3.84. The molecule has 0 unspecified atom stereocenters. The normalized spacial score (nSPS) is 31.9. The fourth-order valence-electron chi connectivity index (χ4n) is 7.75. The topological polar surface area (TPSA) is 125 Å². The molecule has 3 aromatic rings. The van der Waals surface area contributed by atoms with Crippen molar-refractivity contribution < 1.29 is 33.8 Å². The molecule has 2 fully saturated rings. The van der Waals surface area contributed by atoms with Crippen molar-refractivity contribution in [2.45, 2.75) is 62.6 Å².